The molecule has 1 aromatic carbocycles. The molecule has 1 aromatic rings. The highest BCUT2D eigenvalue weighted by atomic mass is 19.1. The van der Waals surface area contributed by atoms with Crippen molar-refractivity contribution in [3.63, 3.8) is 0 Å². The molecule has 1 heterocycles. The van der Waals surface area contributed by atoms with Gasteiger partial charge in [-0.05, 0) is 24.6 Å². The summed E-state index contributed by atoms with van der Waals surface area (Å²) in [7, 11) is 0. The Morgan fingerprint density at radius 1 is 1.56 bits per heavy atom. The molecule has 0 N–H and O–H groups in total. The van der Waals surface area contributed by atoms with E-state index in [4.69, 9.17) is 4.74 Å². The topological polar surface area (TPSA) is 29.5 Å². The van der Waals surface area contributed by atoms with E-state index in [0.29, 0.717) is 12.2 Å². The van der Waals surface area contributed by atoms with E-state index in [1.54, 1.807) is 12.1 Å². The summed E-state index contributed by atoms with van der Waals surface area (Å²) in [4.78, 5) is 13.0. The van der Waals surface area contributed by atoms with Crippen molar-refractivity contribution in [3.05, 3.63) is 30.1 Å². The highest BCUT2D eigenvalue weighted by Gasteiger charge is 2.31. The van der Waals surface area contributed by atoms with Gasteiger partial charge in [-0.3, -0.25) is 4.90 Å². The molecule has 1 saturated heterocycles. The predicted molar refractivity (Wildman–Crippen MR) is 58.9 cm³/mol. The molecule has 0 aromatic heterocycles. The lowest BCUT2D eigenvalue weighted by molar-refractivity contribution is 0.136. The third kappa shape index (κ3) is 2.15. The standard InChI is InChI=1S/C12H14FNO2/c1-2-4-11-8-14(12(15)16-11)10-6-3-5-9(13)7-10/h3,5-7,11H,2,4,8H2,1H3/t11-/m0/s1. The van der Waals surface area contributed by atoms with Crippen LogP contribution < -0.4 is 4.90 Å². The van der Waals surface area contributed by atoms with Gasteiger partial charge in [0.05, 0.1) is 12.2 Å². The van der Waals surface area contributed by atoms with Crippen molar-refractivity contribution >= 4 is 11.8 Å². The second-order valence-electron chi connectivity index (χ2n) is 3.88. The molecule has 1 fully saturated rings. The molecule has 16 heavy (non-hydrogen) atoms. The number of nitrogens with zero attached hydrogens (tertiary/aromatic N) is 1. The van der Waals surface area contributed by atoms with Gasteiger partial charge < -0.3 is 4.74 Å². The number of halogens is 1. The number of ether oxygens (including phenoxy) is 1. The van der Waals surface area contributed by atoms with Crippen LogP contribution in [0.15, 0.2) is 24.3 Å². The van der Waals surface area contributed by atoms with Crippen LogP contribution in [0, 0.1) is 5.82 Å². The van der Waals surface area contributed by atoms with Gasteiger partial charge in [-0.1, -0.05) is 19.4 Å². The van der Waals surface area contributed by atoms with Crippen molar-refractivity contribution in [2.24, 2.45) is 0 Å². The largest absolute Gasteiger partial charge is 0.444 e. The van der Waals surface area contributed by atoms with Crippen molar-refractivity contribution in [1.29, 1.82) is 0 Å². The van der Waals surface area contributed by atoms with Gasteiger partial charge >= 0.3 is 6.09 Å². The molecule has 0 spiro atoms. The lowest BCUT2D eigenvalue weighted by atomic mass is 10.2. The van der Waals surface area contributed by atoms with Gasteiger partial charge in [0.2, 0.25) is 0 Å². The molecule has 1 aliphatic rings. The molecule has 0 radical (unpaired) electrons. The average Bonchev–Trinajstić information content (AvgIpc) is 2.60. The predicted octanol–water partition coefficient (Wildman–Crippen LogP) is 2.95. The average molecular weight is 223 g/mol. The molecule has 0 aliphatic carbocycles. The van der Waals surface area contributed by atoms with E-state index >= 15 is 0 Å². The number of cyclic esters (lactones) is 1. The third-order valence-corrected chi connectivity index (χ3v) is 2.60. The zero-order chi connectivity index (χ0) is 11.5. The lowest BCUT2D eigenvalue weighted by Crippen LogP contribution is -2.24. The summed E-state index contributed by atoms with van der Waals surface area (Å²) in [5, 5.41) is 0. The van der Waals surface area contributed by atoms with Crippen LogP contribution in [0.5, 0.6) is 0 Å². The SMILES string of the molecule is CCC[C@H]1CN(c2cccc(F)c2)C(=O)O1. The number of amides is 1. The maximum absolute atomic E-state index is 13.0. The number of hydrogen-bond acceptors (Lipinski definition) is 2. The Hall–Kier alpha value is -1.58. The van der Waals surface area contributed by atoms with E-state index < -0.39 is 0 Å². The first kappa shape index (κ1) is 10.9. The van der Waals surface area contributed by atoms with E-state index in [2.05, 4.69) is 0 Å². The van der Waals surface area contributed by atoms with Gasteiger partial charge in [0, 0.05) is 0 Å². The third-order valence-electron chi connectivity index (χ3n) is 2.60. The van der Waals surface area contributed by atoms with Gasteiger partial charge in [-0.25, -0.2) is 9.18 Å². The molecular weight excluding hydrogens is 209 g/mol. The Kier molecular flexibility index (Phi) is 3.08. The minimum atomic E-state index is -0.385. The van der Waals surface area contributed by atoms with Crippen LogP contribution in [-0.2, 0) is 4.74 Å². The maximum atomic E-state index is 13.0. The molecular formula is C12H14FNO2. The summed E-state index contributed by atoms with van der Waals surface area (Å²) in [6, 6.07) is 5.99. The van der Waals surface area contributed by atoms with Crippen LogP contribution in [0.4, 0.5) is 14.9 Å². The van der Waals surface area contributed by atoms with Crippen LogP contribution in [0.1, 0.15) is 19.8 Å². The van der Waals surface area contributed by atoms with Crippen LogP contribution in [0.3, 0.4) is 0 Å². The molecule has 4 heteroatoms. The fraction of sp³-hybridized carbons (Fsp3) is 0.417. The van der Waals surface area contributed by atoms with Crippen molar-refractivity contribution in [2.75, 3.05) is 11.4 Å². The first-order chi connectivity index (χ1) is 7.70. The highest BCUT2D eigenvalue weighted by Crippen LogP contribution is 2.23. The van der Waals surface area contributed by atoms with Gasteiger partial charge in [0.1, 0.15) is 11.9 Å². The summed E-state index contributed by atoms with van der Waals surface area (Å²) in [6.07, 6.45) is 1.36. The van der Waals surface area contributed by atoms with Gasteiger partial charge in [-0.15, -0.1) is 0 Å². The summed E-state index contributed by atoms with van der Waals surface area (Å²) < 4.78 is 18.2. The molecule has 0 saturated carbocycles. The minimum Gasteiger partial charge on any atom is -0.444 e. The Bertz CT molecular complexity index is 394. The van der Waals surface area contributed by atoms with Crippen molar-refractivity contribution in [2.45, 2.75) is 25.9 Å². The molecule has 1 atom stereocenters. The van der Waals surface area contributed by atoms with E-state index in [1.165, 1.54) is 17.0 Å². The van der Waals surface area contributed by atoms with Crippen LogP contribution in [0.2, 0.25) is 0 Å². The monoisotopic (exact) mass is 223 g/mol. The molecule has 1 aliphatic heterocycles. The van der Waals surface area contributed by atoms with E-state index in [9.17, 15) is 9.18 Å². The highest BCUT2D eigenvalue weighted by molar-refractivity contribution is 5.89. The number of hydrogen-bond donors (Lipinski definition) is 0. The summed E-state index contributed by atoms with van der Waals surface area (Å²) in [6.45, 7) is 2.55. The second kappa shape index (κ2) is 4.51. The van der Waals surface area contributed by atoms with E-state index in [1.807, 2.05) is 6.92 Å². The Labute approximate surface area is 93.8 Å². The smallest absolute Gasteiger partial charge is 0.414 e. The van der Waals surface area contributed by atoms with Gasteiger partial charge in [0.15, 0.2) is 0 Å². The number of carbonyl (C=O) groups is 1. The lowest BCUT2D eigenvalue weighted by Gasteiger charge is -2.12. The molecule has 1 amide bonds. The van der Waals surface area contributed by atoms with Crippen LogP contribution in [-0.4, -0.2) is 18.7 Å². The zero-order valence-electron chi connectivity index (χ0n) is 9.15. The Morgan fingerprint density at radius 3 is 3.06 bits per heavy atom. The number of benzene rings is 1. The normalized spacial score (nSPS) is 20.0. The number of carbonyl (C=O) groups excluding carboxylic acids is 1. The molecule has 2 rings (SSSR count). The quantitative estimate of drug-likeness (QED) is 0.788. The van der Waals surface area contributed by atoms with Crippen molar-refractivity contribution in [3.8, 4) is 0 Å². The molecule has 86 valence electrons. The molecule has 3 nitrogen and oxygen atoms in total. The molecule has 0 bridgehead atoms. The number of anilines is 1. The first-order valence-corrected chi connectivity index (χ1v) is 5.44. The summed E-state index contributed by atoms with van der Waals surface area (Å²) in [5.41, 5.74) is 0.559. The summed E-state index contributed by atoms with van der Waals surface area (Å²) >= 11 is 0. The van der Waals surface area contributed by atoms with Crippen LogP contribution >= 0.6 is 0 Å². The van der Waals surface area contributed by atoms with E-state index in [0.717, 1.165) is 12.8 Å². The Balaban J connectivity index is 2.13. The fourth-order valence-electron chi connectivity index (χ4n) is 1.85. The fourth-order valence-corrected chi connectivity index (χ4v) is 1.85. The van der Waals surface area contributed by atoms with Gasteiger partial charge in [-0.2, -0.15) is 0 Å². The first-order valence-electron chi connectivity index (χ1n) is 5.44. The van der Waals surface area contributed by atoms with Crippen molar-refractivity contribution < 1.29 is 13.9 Å². The second-order valence-corrected chi connectivity index (χ2v) is 3.88. The number of rotatable bonds is 3. The van der Waals surface area contributed by atoms with Crippen molar-refractivity contribution in [1.82, 2.24) is 0 Å². The van der Waals surface area contributed by atoms with Gasteiger partial charge in [0.25, 0.3) is 0 Å². The molecule has 0 unspecified atom stereocenters. The summed E-state index contributed by atoms with van der Waals surface area (Å²) in [5.74, 6) is -0.343. The minimum absolute atomic E-state index is 0.0687. The maximum Gasteiger partial charge on any atom is 0.414 e. The Morgan fingerprint density at radius 2 is 2.38 bits per heavy atom. The van der Waals surface area contributed by atoms with E-state index in [-0.39, 0.29) is 18.0 Å². The van der Waals surface area contributed by atoms with Crippen LogP contribution in [0.25, 0.3) is 0 Å². The zero-order valence-corrected chi connectivity index (χ0v) is 9.15.